The van der Waals surface area contributed by atoms with Crippen LogP contribution in [0.4, 0.5) is 20.2 Å². The number of halogens is 2. The molecule has 5 rings (SSSR count). The fourth-order valence-electron chi connectivity index (χ4n) is 7.19. The Hall–Kier alpha value is -2.02. The lowest BCUT2D eigenvalue weighted by atomic mass is 9.78. The number of nitrogens with zero attached hydrogens (tertiary/aromatic N) is 4. The van der Waals surface area contributed by atoms with Crippen LogP contribution in [0.25, 0.3) is 0 Å². The maximum atomic E-state index is 13.4. The van der Waals surface area contributed by atoms with Crippen molar-refractivity contribution in [2.75, 3.05) is 37.6 Å². The summed E-state index contributed by atoms with van der Waals surface area (Å²) in [4.78, 5) is 24.8. The molecule has 0 N–H and O–H groups in total. The maximum Gasteiger partial charge on any atom is 0.272 e. The molecule has 0 spiro atoms. The quantitative estimate of drug-likeness (QED) is 0.353. The van der Waals surface area contributed by atoms with Crippen molar-refractivity contribution < 1.29 is 13.6 Å². The summed E-state index contributed by atoms with van der Waals surface area (Å²) in [5.41, 5.74) is 4.31. The molecule has 5 nitrogen and oxygen atoms in total. The Labute approximate surface area is 227 Å². The number of hydrogen-bond acceptors (Lipinski definition) is 4. The molecule has 1 saturated heterocycles. The van der Waals surface area contributed by atoms with Crippen molar-refractivity contribution in [3.63, 3.8) is 0 Å². The van der Waals surface area contributed by atoms with E-state index in [-0.39, 0.29) is 19.0 Å². The third-order valence-electron chi connectivity index (χ3n) is 9.48. The molecule has 38 heavy (non-hydrogen) atoms. The third kappa shape index (κ3) is 6.40. The van der Waals surface area contributed by atoms with Gasteiger partial charge in [0.1, 0.15) is 0 Å². The lowest BCUT2D eigenvalue weighted by molar-refractivity contribution is -0.134. The Bertz CT molecular complexity index is 990. The summed E-state index contributed by atoms with van der Waals surface area (Å²) < 4.78 is 26.8. The van der Waals surface area contributed by atoms with Crippen LogP contribution in [0.3, 0.4) is 0 Å². The maximum absolute atomic E-state index is 13.4. The van der Waals surface area contributed by atoms with Gasteiger partial charge in [0.25, 0.3) is 5.92 Å². The average Bonchev–Trinajstić information content (AvgIpc) is 2.91. The number of amides is 1. The van der Waals surface area contributed by atoms with Crippen molar-refractivity contribution in [3.8, 4) is 0 Å². The van der Waals surface area contributed by atoms with Gasteiger partial charge in [-0.15, -0.1) is 0 Å². The Morgan fingerprint density at radius 3 is 2.45 bits per heavy atom. The number of carbonyl (C=O) groups is 1. The number of likely N-dealkylation sites (tertiary alicyclic amines) is 1. The minimum absolute atomic E-state index is 0.168. The van der Waals surface area contributed by atoms with Crippen LogP contribution >= 0.6 is 0 Å². The summed E-state index contributed by atoms with van der Waals surface area (Å²) in [6.45, 7) is 6.80. The molecule has 0 bridgehead atoms. The first-order chi connectivity index (χ1) is 18.3. The molecule has 1 aromatic rings. The Morgan fingerprint density at radius 2 is 1.79 bits per heavy atom. The van der Waals surface area contributed by atoms with E-state index in [1.165, 1.54) is 57.1 Å². The lowest BCUT2D eigenvalue weighted by Crippen LogP contribution is -2.55. The molecule has 1 aromatic carbocycles. The highest BCUT2D eigenvalue weighted by Crippen LogP contribution is 2.39. The SMILES string of the molecule is CCN(C(=O)CCN1CC([C@H]2CC[C@H](CC)CC2)=Nc2ccc(CN3CC(F)(F)C3)cc21)C1CCCCC1. The first kappa shape index (κ1) is 27.5. The first-order valence-corrected chi connectivity index (χ1v) is 15.2. The number of aliphatic imine (C=N–C) groups is 1. The van der Waals surface area contributed by atoms with Gasteiger partial charge in [-0.3, -0.25) is 14.7 Å². The van der Waals surface area contributed by atoms with Gasteiger partial charge < -0.3 is 9.80 Å². The van der Waals surface area contributed by atoms with E-state index < -0.39 is 5.92 Å². The predicted molar refractivity (Wildman–Crippen MR) is 151 cm³/mol. The van der Waals surface area contributed by atoms with Crippen LogP contribution in [-0.2, 0) is 11.3 Å². The Balaban J connectivity index is 1.31. The number of rotatable bonds is 9. The third-order valence-corrected chi connectivity index (χ3v) is 9.48. The summed E-state index contributed by atoms with van der Waals surface area (Å²) in [6.07, 6.45) is 12.7. The fourth-order valence-corrected chi connectivity index (χ4v) is 7.19. The van der Waals surface area contributed by atoms with E-state index in [1.807, 2.05) is 6.07 Å². The zero-order valence-electron chi connectivity index (χ0n) is 23.4. The van der Waals surface area contributed by atoms with E-state index >= 15 is 0 Å². The first-order valence-electron chi connectivity index (χ1n) is 15.2. The summed E-state index contributed by atoms with van der Waals surface area (Å²) in [5.74, 6) is -0.943. The van der Waals surface area contributed by atoms with Crippen LogP contribution in [-0.4, -0.2) is 66.1 Å². The van der Waals surface area contributed by atoms with E-state index in [0.717, 1.165) is 48.8 Å². The standard InChI is InChI=1S/C31H46F2N4O/c1-3-23-10-13-25(14-11-23)28-20-36(17-16-30(38)37(4-2)26-8-6-5-7-9-26)29-18-24(12-15-27(29)34-28)19-35-21-31(32,33)22-35/h12,15,18,23,25-26H,3-11,13-14,16-17,19-22H2,1-2H3/t23-,25-. The molecular formula is C31H46F2N4O. The van der Waals surface area contributed by atoms with E-state index in [4.69, 9.17) is 4.99 Å². The lowest BCUT2D eigenvalue weighted by Gasteiger charge is -2.39. The second kappa shape index (κ2) is 12.0. The average molecular weight is 529 g/mol. The number of fused-ring (bicyclic) bond motifs is 1. The molecule has 2 heterocycles. The Morgan fingerprint density at radius 1 is 1.05 bits per heavy atom. The van der Waals surface area contributed by atoms with E-state index in [2.05, 4.69) is 35.8 Å². The van der Waals surface area contributed by atoms with E-state index in [9.17, 15) is 13.6 Å². The van der Waals surface area contributed by atoms with Crippen molar-refractivity contribution >= 4 is 23.0 Å². The largest absolute Gasteiger partial charge is 0.364 e. The van der Waals surface area contributed by atoms with Gasteiger partial charge in [0, 0.05) is 37.8 Å². The number of benzene rings is 1. The minimum atomic E-state index is -2.56. The summed E-state index contributed by atoms with van der Waals surface area (Å²) in [7, 11) is 0. The molecular weight excluding hydrogens is 482 g/mol. The van der Waals surface area contributed by atoms with Crippen LogP contribution in [0.1, 0.15) is 90.0 Å². The van der Waals surface area contributed by atoms with Gasteiger partial charge in [-0.2, -0.15) is 0 Å². The summed E-state index contributed by atoms with van der Waals surface area (Å²) in [5, 5.41) is 0. The molecule has 0 aromatic heterocycles. The number of alkyl halides is 2. The van der Waals surface area contributed by atoms with Crippen LogP contribution < -0.4 is 4.90 Å². The summed E-state index contributed by atoms with van der Waals surface area (Å²) in [6, 6.07) is 6.63. The topological polar surface area (TPSA) is 39.2 Å². The van der Waals surface area contributed by atoms with Gasteiger partial charge in [-0.25, -0.2) is 8.78 Å². The zero-order valence-corrected chi connectivity index (χ0v) is 23.4. The second-order valence-corrected chi connectivity index (χ2v) is 12.2. The normalized spacial score (nSPS) is 25.9. The number of hydrogen-bond donors (Lipinski definition) is 0. The smallest absolute Gasteiger partial charge is 0.272 e. The number of carbonyl (C=O) groups excluding carboxylic acids is 1. The monoisotopic (exact) mass is 528 g/mol. The van der Waals surface area contributed by atoms with Crippen molar-refractivity contribution in [2.24, 2.45) is 16.8 Å². The van der Waals surface area contributed by atoms with Crippen LogP contribution in [0.5, 0.6) is 0 Å². The summed E-state index contributed by atoms with van der Waals surface area (Å²) >= 11 is 0. The molecule has 7 heteroatoms. The highest BCUT2D eigenvalue weighted by molar-refractivity contribution is 5.97. The zero-order chi connectivity index (χ0) is 26.7. The molecule has 0 unspecified atom stereocenters. The van der Waals surface area contributed by atoms with Gasteiger partial charge in [0.15, 0.2) is 0 Å². The molecule has 2 saturated carbocycles. The van der Waals surface area contributed by atoms with Gasteiger partial charge in [-0.1, -0.05) is 38.7 Å². The van der Waals surface area contributed by atoms with E-state index in [1.54, 1.807) is 4.90 Å². The van der Waals surface area contributed by atoms with Crippen molar-refractivity contribution in [1.82, 2.24) is 9.80 Å². The molecule has 1 amide bonds. The van der Waals surface area contributed by atoms with Crippen LogP contribution in [0.15, 0.2) is 23.2 Å². The highest BCUT2D eigenvalue weighted by Gasteiger charge is 2.43. The molecule has 210 valence electrons. The Kier molecular flexibility index (Phi) is 8.71. The minimum Gasteiger partial charge on any atom is -0.364 e. The van der Waals surface area contributed by atoms with Gasteiger partial charge >= 0.3 is 0 Å². The van der Waals surface area contributed by atoms with E-state index in [0.29, 0.717) is 31.5 Å². The molecule has 0 radical (unpaired) electrons. The van der Waals surface area contributed by atoms with Crippen molar-refractivity contribution in [2.45, 2.75) is 103 Å². The van der Waals surface area contributed by atoms with Gasteiger partial charge in [-0.05, 0) is 75.0 Å². The highest BCUT2D eigenvalue weighted by atomic mass is 19.3. The molecule has 3 fully saturated rings. The van der Waals surface area contributed by atoms with Crippen LogP contribution in [0, 0.1) is 11.8 Å². The fraction of sp³-hybridized carbons (Fsp3) is 0.742. The molecule has 0 atom stereocenters. The molecule has 4 aliphatic rings. The van der Waals surface area contributed by atoms with Gasteiger partial charge in [0.2, 0.25) is 5.91 Å². The van der Waals surface area contributed by atoms with Crippen molar-refractivity contribution in [1.29, 1.82) is 0 Å². The van der Waals surface area contributed by atoms with Gasteiger partial charge in [0.05, 0.1) is 31.0 Å². The molecule has 2 aliphatic heterocycles. The van der Waals surface area contributed by atoms with Crippen molar-refractivity contribution in [3.05, 3.63) is 23.8 Å². The molecule has 2 aliphatic carbocycles. The second-order valence-electron chi connectivity index (χ2n) is 12.2. The number of anilines is 1. The predicted octanol–water partition coefficient (Wildman–Crippen LogP) is 6.82. The van der Waals surface area contributed by atoms with Crippen LogP contribution in [0.2, 0.25) is 0 Å².